The molecule has 0 aromatic rings. The van der Waals surface area contributed by atoms with Crippen LogP contribution in [0.15, 0.2) is 0 Å². The molecular formula is C25H49N7O12. The number of nitrogens with one attached hydrogen (secondary N) is 3. The first-order valence-corrected chi connectivity index (χ1v) is 14.6. The Bertz CT molecular complexity index is 955. The van der Waals surface area contributed by atoms with Crippen LogP contribution < -0.4 is 33.6 Å². The fourth-order valence-electron chi connectivity index (χ4n) is 5.74. The van der Waals surface area contributed by atoms with E-state index in [0.29, 0.717) is 0 Å². The number of carbonyl (C=O) groups excluding carboxylic acids is 1. The third-order valence-corrected chi connectivity index (χ3v) is 8.20. The zero-order valence-electron chi connectivity index (χ0n) is 24.6. The van der Waals surface area contributed by atoms with Crippen LogP contribution in [-0.2, 0) is 23.7 Å². The maximum absolute atomic E-state index is 12.6. The quantitative estimate of drug-likeness (QED) is 0.0737. The van der Waals surface area contributed by atoms with Gasteiger partial charge in [-0.1, -0.05) is 0 Å². The first-order chi connectivity index (χ1) is 20.6. The number of amides is 1. The van der Waals surface area contributed by atoms with E-state index in [0.717, 1.165) is 0 Å². The van der Waals surface area contributed by atoms with Crippen molar-refractivity contribution in [2.75, 3.05) is 6.54 Å². The summed E-state index contributed by atoms with van der Waals surface area (Å²) in [6, 6.07) is -3.88. The van der Waals surface area contributed by atoms with E-state index in [-0.39, 0.29) is 25.8 Å². The predicted molar refractivity (Wildman–Crippen MR) is 150 cm³/mol. The molecule has 1 amide bonds. The van der Waals surface area contributed by atoms with Crippen LogP contribution in [0.1, 0.15) is 33.1 Å². The number of nitrogens with two attached hydrogens (primary N) is 4. The van der Waals surface area contributed by atoms with Crippen molar-refractivity contribution < 1.29 is 59.5 Å². The van der Waals surface area contributed by atoms with Gasteiger partial charge >= 0.3 is 0 Å². The average molecular weight is 640 g/mol. The van der Waals surface area contributed by atoms with E-state index in [9.17, 15) is 40.5 Å². The summed E-state index contributed by atoms with van der Waals surface area (Å²) in [7, 11) is 0. The largest absolute Gasteiger partial charge is 0.391 e. The lowest BCUT2D eigenvalue weighted by atomic mass is 9.83. The Hall–Kier alpha value is -1.82. The summed E-state index contributed by atoms with van der Waals surface area (Å²) < 4.78 is 23.6. The molecule has 3 fully saturated rings. The van der Waals surface area contributed by atoms with Gasteiger partial charge in [0.1, 0.15) is 54.9 Å². The van der Waals surface area contributed by atoms with E-state index in [2.05, 4.69) is 10.6 Å². The molecule has 256 valence electrons. The molecule has 0 aromatic heterocycles. The maximum atomic E-state index is 12.6. The van der Waals surface area contributed by atoms with Gasteiger partial charge < -0.3 is 88.3 Å². The average Bonchev–Trinajstić information content (AvgIpc) is 3.17. The lowest BCUT2D eigenvalue weighted by Crippen LogP contribution is -2.66. The van der Waals surface area contributed by atoms with Crippen LogP contribution in [0.5, 0.6) is 0 Å². The highest BCUT2D eigenvalue weighted by atomic mass is 16.7. The summed E-state index contributed by atoms with van der Waals surface area (Å²) in [5.74, 6) is -1.22. The van der Waals surface area contributed by atoms with Gasteiger partial charge in [-0.15, -0.1) is 0 Å². The molecule has 19 heteroatoms. The van der Waals surface area contributed by atoms with Gasteiger partial charge in [0.2, 0.25) is 5.91 Å². The zero-order chi connectivity index (χ0) is 33.0. The minimum Gasteiger partial charge on any atom is -0.391 e. The monoisotopic (exact) mass is 639 g/mol. The molecule has 1 saturated carbocycles. The van der Waals surface area contributed by atoms with Crippen LogP contribution in [-0.4, -0.2) is 158 Å². The lowest BCUT2D eigenvalue weighted by Gasteiger charge is -2.45. The number of aliphatic hydroxyl groups is 7. The number of rotatable bonds is 11. The summed E-state index contributed by atoms with van der Waals surface area (Å²) in [5.41, 5.74) is 23.3. The Labute approximate surface area is 254 Å². The van der Waals surface area contributed by atoms with Gasteiger partial charge in [0, 0.05) is 18.5 Å². The maximum Gasteiger partial charge on any atom is 0.249 e. The van der Waals surface area contributed by atoms with Crippen molar-refractivity contribution in [3.63, 3.8) is 0 Å². The van der Waals surface area contributed by atoms with Crippen molar-refractivity contribution in [1.29, 1.82) is 5.41 Å². The van der Waals surface area contributed by atoms with Gasteiger partial charge in [-0.25, -0.2) is 0 Å². The van der Waals surface area contributed by atoms with Crippen molar-refractivity contribution in [2.24, 2.45) is 22.9 Å². The number of guanidine groups is 1. The second-order valence-corrected chi connectivity index (χ2v) is 11.7. The SMILES string of the molecule is C[C@@H](O)C1O[C@H](O[C@@H]2C(N)C[C@@H](NC(=O)C(O)CCN)C(O)C2O[C@@H]2O[C@H]([C@@H](C)NC(=N)N)C(O)C2O)CC(N)C(O)[C@@H]1O. The van der Waals surface area contributed by atoms with Gasteiger partial charge in [-0.05, 0) is 33.2 Å². The molecule has 44 heavy (non-hydrogen) atoms. The molecule has 18 N–H and O–H groups in total. The van der Waals surface area contributed by atoms with Gasteiger partial charge in [-0.3, -0.25) is 10.2 Å². The molecule has 0 bridgehead atoms. The molecule has 1 aliphatic carbocycles. The normalized spacial score (nSPS) is 43.5. The third-order valence-electron chi connectivity index (χ3n) is 8.20. The third kappa shape index (κ3) is 8.50. The Kier molecular flexibility index (Phi) is 13.0. The topological polar surface area (TPSA) is 348 Å². The lowest BCUT2D eigenvalue weighted by molar-refractivity contribution is -0.286. The van der Waals surface area contributed by atoms with E-state index >= 15 is 0 Å². The second kappa shape index (κ2) is 15.6. The Morgan fingerprint density at radius 3 is 2.14 bits per heavy atom. The van der Waals surface area contributed by atoms with Gasteiger partial charge in [0.25, 0.3) is 0 Å². The molecule has 3 rings (SSSR count). The molecule has 2 aliphatic heterocycles. The Morgan fingerprint density at radius 2 is 1.55 bits per heavy atom. The Morgan fingerprint density at radius 1 is 0.909 bits per heavy atom. The molecule has 3 aliphatic rings. The molecule has 19 nitrogen and oxygen atoms in total. The fraction of sp³-hybridized carbons (Fsp3) is 0.920. The van der Waals surface area contributed by atoms with Gasteiger partial charge in [0.05, 0.1) is 24.3 Å². The van der Waals surface area contributed by atoms with Crippen LogP contribution in [0.3, 0.4) is 0 Å². The van der Waals surface area contributed by atoms with Gasteiger partial charge in [0.15, 0.2) is 18.5 Å². The number of hydrogen-bond donors (Lipinski definition) is 14. The second-order valence-electron chi connectivity index (χ2n) is 11.7. The first-order valence-electron chi connectivity index (χ1n) is 14.6. The van der Waals surface area contributed by atoms with E-state index in [1.165, 1.54) is 6.92 Å². The smallest absolute Gasteiger partial charge is 0.249 e. The molecule has 2 saturated heterocycles. The van der Waals surface area contributed by atoms with Crippen molar-refractivity contribution in [3.8, 4) is 0 Å². The van der Waals surface area contributed by atoms with Crippen molar-refractivity contribution in [3.05, 3.63) is 0 Å². The summed E-state index contributed by atoms with van der Waals surface area (Å²) in [5, 5.41) is 86.5. The predicted octanol–water partition coefficient (Wildman–Crippen LogP) is -7.09. The number of ether oxygens (including phenoxy) is 4. The standard InChI is InChI=1S/C25H49N7O12/c1-7(31-25(29)30)19-17(38)18(39)24(43-19)44-22-15(36)11(32-23(40)12(34)3-4-26)5-10(28)21(22)42-13-6-9(27)14(35)16(37)20(41-13)8(2)33/h7-22,24,33-39H,3-6,26-28H2,1-2H3,(H,32,40)(H4,29,30,31)/t7-,8-,9?,10?,11-,12?,13-,14?,15?,16+,17?,18?,19-,20?,21-,22?,24+/m1/s1. The van der Waals surface area contributed by atoms with E-state index < -0.39 is 116 Å². The zero-order valence-corrected chi connectivity index (χ0v) is 24.6. The number of aliphatic hydroxyl groups excluding tert-OH is 7. The minimum absolute atomic E-state index is 0.0284. The molecular weight excluding hydrogens is 590 g/mol. The van der Waals surface area contributed by atoms with Crippen LogP contribution in [0.4, 0.5) is 0 Å². The fourth-order valence-corrected chi connectivity index (χ4v) is 5.74. The van der Waals surface area contributed by atoms with Crippen LogP contribution in [0.25, 0.3) is 0 Å². The molecule has 0 aromatic carbocycles. The summed E-state index contributed by atoms with van der Waals surface area (Å²) >= 11 is 0. The summed E-state index contributed by atoms with van der Waals surface area (Å²) in [6.45, 7) is 2.92. The minimum atomic E-state index is -1.64. The van der Waals surface area contributed by atoms with Gasteiger partial charge in [-0.2, -0.15) is 0 Å². The first kappa shape index (κ1) is 36.6. The highest BCUT2D eigenvalue weighted by Crippen LogP contribution is 2.33. The molecule has 17 atom stereocenters. The van der Waals surface area contributed by atoms with Crippen molar-refractivity contribution in [1.82, 2.24) is 10.6 Å². The molecule has 9 unspecified atom stereocenters. The summed E-state index contributed by atoms with van der Waals surface area (Å²) in [4.78, 5) is 12.6. The van der Waals surface area contributed by atoms with E-state index in [4.69, 9.17) is 47.3 Å². The molecule has 0 spiro atoms. The van der Waals surface area contributed by atoms with Crippen molar-refractivity contribution in [2.45, 2.75) is 137 Å². The van der Waals surface area contributed by atoms with Crippen LogP contribution >= 0.6 is 0 Å². The highest BCUT2D eigenvalue weighted by Gasteiger charge is 2.53. The van der Waals surface area contributed by atoms with E-state index in [1.807, 2.05) is 0 Å². The summed E-state index contributed by atoms with van der Waals surface area (Å²) in [6.07, 6.45) is -18.8. The van der Waals surface area contributed by atoms with Crippen molar-refractivity contribution >= 4 is 11.9 Å². The van der Waals surface area contributed by atoms with Crippen LogP contribution in [0.2, 0.25) is 0 Å². The molecule has 0 radical (unpaired) electrons. The number of carbonyl (C=O) groups is 1. The van der Waals surface area contributed by atoms with Crippen LogP contribution in [0, 0.1) is 5.41 Å². The highest BCUT2D eigenvalue weighted by molar-refractivity contribution is 5.80. The molecule has 2 heterocycles. The Balaban J connectivity index is 1.88. The number of hydrogen-bond acceptors (Lipinski definition) is 16. The van der Waals surface area contributed by atoms with E-state index in [1.54, 1.807) is 6.92 Å².